The molecule has 0 fully saturated rings. The number of halogens is 4. The summed E-state index contributed by atoms with van der Waals surface area (Å²) in [6, 6.07) is 10.2. The van der Waals surface area contributed by atoms with Crippen LogP contribution in [0, 0.1) is 5.82 Å². The van der Waals surface area contributed by atoms with Crippen molar-refractivity contribution in [3.05, 3.63) is 65.5 Å². The van der Waals surface area contributed by atoms with Gasteiger partial charge in [-0.2, -0.15) is 13.2 Å². The first kappa shape index (κ1) is 19.6. The Morgan fingerprint density at radius 2 is 1.73 bits per heavy atom. The Morgan fingerprint density at radius 1 is 1.00 bits per heavy atom. The molecule has 0 aliphatic heterocycles. The number of hydrogen-bond acceptors (Lipinski definition) is 2. The molecular formula is C18H18F4N2O2. The standard InChI is InChI=1S/C18H18F4N2O2/c19-15-5-1-3-13(11-15)7-8-23-17(25)24-9-10-26-16-6-2-4-14(12-16)18(20,21)22/h1-6,11-12H,7-10H2,(H2,23,24,25). The van der Waals surface area contributed by atoms with Crippen LogP contribution in [0.1, 0.15) is 11.1 Å². The second-order valence-corrected chi connectivity index (χ2v) is 5.44. The van der Waals surface area contributed by atoms with E-state index in [1.54, 1.807) is 12.1 Å². The second kappa shape index (κ2) is 9.07. The monoisotopic (exact) mass is 370 g/mol. The molecule has 0 saturated heterocycles. The molecule has 0 heterocycles. The van der Waals surface area contributed by atoms with Crippen LogP contribution in [-0.2, 0) is 12.6 Å². The summed E-state index contributed by atoms with van der Waals surface area (Å²) in [6.07, 6.45) is -3.95. The lowest BCUT2D eigenvalue weighted by atomic mass is 10.1. The van der Waals surface area contributed by atoms with Gasteiger partial charge in [-0.25, -0.2) is 9.18 Å². The van der Waals surface area contributed by atoms with Crippen molar-refractivity contribution in [2.45, 2.75) is 12.6 Å². The van der Waals surface area contributed by atoms with Crippen molar-refractivity contribution in [3.8, 4) is 5.75 Å². The highest BCUT2D eigenvalue weighted by molar-refractivity contribution is 5.73. The first-order valence-corrected chi connectivity index (χ1v) is 7.91. The molecule has 0 aromatic heterocycles. The molecule has 0 bridgehead atoms. The van der Waals surface area contributed by atoms with E-state index >= 15 is 0 Å². The number of ether oxygens (including phenoxy) is 1. The number of hydrogen-bond donors (Lipinski definition) is 2. The maximum absolute atomic E-state index is 13.0. The van der Waals surface area contributed by atoms with E-state index in [2.05, 4.69) is 10.6 Å². The highest BCUT2D eigenvalue weighted by atomic mass is 19.4. The third-order valence-electron chi connectivity index (χ3n) is 3.41. The number of amides is 2. The molecule has 0 aliphatic rings. The van der Waals surface area contributed by atoms with Crippen molar-refractivity contribution in [1.29, 1.82) is 0 Å². The SMILES string of the molecule is O=C(NCCOc1cccc(C(F)(F)F)c1)NCCc1cccc(F)c1. The molecule has 140 valence electrons. The smallest absolute Gasteiger partial charge is 0.416 e. The molecule has 0 atom stereocenters. The van der Waals surface area contributed by atoms with E-state index < -0.39 is 17.8 Å². The second-order valence-electron chi connectivity index (χ2n) is 5.44. The molecule has 26 heavy (non-hydrogen) atoms. The molecule has 2 aromatic rings. The molecule has 0 aliphatic carbocycles. The fourth-order valence-corrected chi connectivity index (χ4v) is 2.17. The molecular weight excluding hydrogens is 352 g/mol. The van der Waals surface area contributed by atoms with Crippen molar-refractivity contribution < 1.29 is 27.1 Å². The molecule has 2 N–H and O–H groups in total. The Kier molecular flexibility index (Phi) is 6.82. The predicted molar refractivity (Wildman–Crippen MR) is 88.4 cm³/mol. The van der Waals surface area contributed by atoms with Gasteiger partial charge >= 0.3 is 12.2 Å². The lowest BCUT2D eigenvalue weighted by Crippen LogP contribution is -2.38. The van der Waals surface area contributed by atoms with Gasteiger partial charge in [0.25, 0.3) is 0 Å². The lowest BCUT2D eigenvalue weighted by molar-refractivity contribution is -0.137. The Morgan fingerprint density at radius 3 is 2.46 bits per heavy atom. The van der Waals surface area contributed by atoms with E-state index in [1.807, 2.05) is 0 Å². The summed E-state index contributed by atoms with van der Waals surface area (Å²) in [6.45, 7) is 0.477. The first-order valence-electron chi connectivity index (χ1n) is 7.91. The van der Waals surface area contributed by atoms with Crippen LogP contribution in [0.3, 0.4) is 0 Å². The average Bonchev–Trinajstić information content (AvgIpc) is 2.58. The Balaban J connectivity index is 1.64. The van der Waals surface area contributed by atoms with Gasteiger partial charge < -0.3 is 15.4 Å². The summed E-state index contributed by atoms with van der Waals surface area (Å²) in [4.78, 5) is 11.6. The van der Waals surface area contributed by atoms with Gasteiger partial charge in [0.05, 0.1) is 12.1 Å². The van der Waals surface area contributed by atoms with Crippen molar-refractivity contribution in [3.63, 3.8) is 0 Å². The minimum absolute atomic E-state index is 0.0264. The van der Waals surface area contributed by atoms with Gasteiger partial charge in [0.15, 0.2) is 0 Å². The number of urea groups is 1. The topological polar surface area (TPSA) is 50.4 Å². The molecule has 8 heteroatoms. The number of carbonyl (C=O) groups excluding carboxylic acids is 1. The van der Waals surface area contributed by atoms with E-state index in [4.69, 9.17) is 4.74 Å². The highest BCUT2D eigenvalue weighted by Crippen LogP contribution is 2.31. The molecule has 2 rings (SSSR count). The Bertz CT molecular complexity index is 735. The molecule has 0 saturated carbocycles. The van der Waals surface area contributed by atoms with E-state index in [0.29, 0.717) is 13.0 Å². The van der Waals surface area contributed by atoms with Crippen LogP contribution in [0.25, 0.3) is 0 Å². The number of carbonyl (C=O) groups is 1. The van der Waals surface area contributed by atoms with Crippen molar-refractivity contribution in [2.75, 3.05) is 19.7 Å². The number of rotatable bonds is 7. The van der Waals surface area contributed by atoms with Gasteiger partial charge in [-0.3, -0.25) is 0 Å². The van der Waals surface area contributed by atoms with Gasteiger partial charge in [0, 0.05) is 6.54 Å². The highest BCUT2D eigenvalue weighted by Gasteiger charge is 2.30. The molecule has 0 spiro atoms. The van der Waals surface area contributed by atoms with Crippen LogP contribution >= 0.6 is 0 Å². The van der Waals surface area contributed by atoms with Crippen molar-refractivity contribution in [1.82, 2.24) is 10.6 Å². The van der Waals surface area contributed by atoms with Gasteiger partial charge in [0.2, 0.25) is 0 Å². The maximum Gasteiger partial charge on any atom is 0.416 e. The predicted octanol–water partition coefficient (Wildman–Crippen LogP) is 3.77. The Hall–Kier alpha value is -2.77. The van der Waals surface area contributed by atoms with Gasteiger partial charge in [-0.1, -0.05) is 18.2 Å². The number of alkyl halides is 3. The zero-order chi connectivity index (χ0) is 19.0. The van der Waals surface area contributed by atoms with Crippen LogP contribution < -0.4 is 15.4 Å². The number of benzene rings is 2. The van der Waals surface area contributed by atoms with E-state index in [-0.39, 0.29) is 24.7 Å². The number of nitrogens with one attached hydrogen (secondary N) is 2. The zero-order valence-corrected chi connectivity index (χ0v) is 13.8. The maximum atomic E-state index is 13.0. The minimum Gasteiger partial charge on any atom is -0.492 e. The fourth-order valence-electron chi connectivity index (χ4n) is 2.17. The van der Waals surface area contributed by atoms with Gasteiger partial charge in [-0.05, 0) is 42.3 Å². The summed E-state index contributed by atoms with van der Waals surface area (Å²) in [5, 5.41) is 5.13. The van der Waals surface area contributed by atoms with Crippen LogP contribution in [0.5, 0.6) is 5.75 Å². The van der Waals surface area contributed by atoms with Crippen LogP contribution in [0.15, 0.2) is 48.5 Å². The van der Waals surface area contributed by atoms with Crippen LogP contribution in [-0.4, -0.2) is 25.7 Å². The zero-order valence-electron chi connectivity index (χ0n) is 13.8. The normalized spacial score (nSPS) is 11.1. The van der Waals surface area contributed by atoms with E-state index in [0.717, 1.165) is 17.7 Å². The molecule has 4 nitrogen and oxygen atoms in total. The van der Waals surface area contributed by atoms with Gasteiger partial charge in [-0.15, -0.1) is 0 Å². The van der Waals surface area contributed by atoms with Crippen molar-refractivity contribution >= 4 is 6.03 Å². The summed E-state index contributed by atoms with van der Waals surface area (Å²) in [5.74, 6) is -0.258. The van der Waals surface area contributed by atoms with Crippen LogP contribution in [0.4, 0.5) is 22.4 Å². The fraction of sp³-hybridized carbons (Fsp3) is 0.278. The van der Waals surface area contributed by atoms with Gasteiger partial charge in [0.1, 0.15) is 18.2 Å². The molecule has 0 unspecified atom stereocenters. The Labute approximate surface area is 148 Å². The minimum atomic E-state index is -4.43. The van der Waals surface area contributed by atoms with E-state index in [1.165, 1.54) is 24.3 Å². The molecule has 2 amide bonds. The summed E-state index contributed by atoms with van der Waals surface area (Å²) in [5.41, 5.74) is -0.0313. The third-order valence-corrected chi connectivity index (χ3v) is 3.41. The molecule has 0 radical (unpaired) electrons. The third kappa shape index (κ3) is 6.62. The van der Waals surface area contributed by atoms with Crippen LogP contribution in [0.2, 0.25) is 0 Å². The summed E-state index contributed by atoms with van der Waals surface area (Å²) < 4.78 is 56.0. The first-order chi connectivity index (χ1) is 12.3. The largest absolute Gasteiger partial charge is 0.492 e. The lowest BCUT2D eigenvalue weighted by Gasteiger charge is -2.11. The summed E-state index contributed by atoms with van der Waals surface area (Å²) >= 11 is 0. The summed E-state index contributed by atoms with van der Waals surface area (Å²) in [7, 11) is 0. The quantitative estimate of drug-likeness (QED) is 0.576. The molecule has 2 aromatic carbocycles. The van der Waals surface area contributed by atoms with E-state index in [9.17, 15) is 22.4 Å². The average molecular weight is 370 g/mol. The van der Waals surface area contributed by atoms with Crippen molar-refractivity contribution in [2.24, 2.45) is 0 Å².